The standard InChI is InChI=1S/C17H25BrF2N2O2/c18-10-2-1-3-12(8-10)22-7-6-13(17(22)24)16(23)21-15-5-4-11(19)9-14(15)20/h10-15H,1-9H2,(H,21,23)/t10?,11?,12?,13-,14?,15?/m1/s1. The van der Waals surface area contributed by atoms with Crippen LogP contribution in [0.1, 0.15) is 51.4 Å². The molecule has 0 aromatic heterocycles. The van der Waals surface area contributed by atoms with E-state index in [1.54, 1.807) is 0 Å². The number of halogens is 3. The van der Waals surface area contributed by atoms with Crippen molar-refractivity contribution in [2.75, 3.05) is 6.54 Å². The van der Waals surface area contributed by atoms with Crippen molar-refractivity contribution in [1.82, 2.24) is 10.2 Å². The van der Waals surface area contributed by atoms with E-state index in [-0.39, 0.29) is 24.8 Å². The zero-order valence-electron chi connectivity index (χ0n) is 13.7. The molecule has 1 aliphatic heterocycles. The number of hydrogen-bond acceptors (Lipinski definition) is 2. The van der Waals surface area contributed by atoms with E-state index in [9.17, 15) is 18.4 Å². The van der Waals surface area contributed by atoms with E-state index in [1.165, 1.54) is 0 Å². The first-order chi connectivity index (χ1) is 11.5. The van der Waals surface area contributed by atoms with E-state index in [4.69, 9.17) is 0 Å². The van der Waals surface area contributed by atoms with Gasteiger partial charge in [0.25, 0.3) is 0 Å². The molecule has 7 heteroatoms. The zero-order valence-corrected chi connectivity index (χ0v) is 15.3. The van der Waals surface area contributed by atoms with Gasteiger partial charge in [-0.25, -0.2) is 8.78 Å². The molecule has 0 bridgehead atoms. The number of hydrogen-bond donors (Lipinski definition) is 1. The SMILES string of the molecule is O=C(NC1CCC(F)CC1F)[C@H]1CCN(C2CCCC(Br)C2)C1=O. The predicted octanol–water partition coefficient (Wildman–Crippen LogP) is 2.89. The van der Waals surface area contributed by atoms with E-state index >= 15 is 0 Å². The smallest absolute Gasteiger partial charge is 0.235 e. The molecule has 136 valence electrons. The number of carbonyl (C=O) groups excluding carboxylic acids is 2. The van der Waals surface area contributed by atoms with E-state index < -0.39 is 30.2 Å². The Kier molecular flexibility index (Phi) is 5.78. The topological polar surface area (TPSA) is 49.4 Å². The third kappa shape index (κ3) is 3.92. The summed E-state index contributed by atoms with van der Waals surface area (Å²) in [5.41, 5.74) is 0. The van der Waals surface area contributed by atoms with Gasteiger partial charge in [-0.15, -0.1) is 0 Å². The van der Waals surface area contributed by atoms with Gasteiger partial charge in [-0.2, -0.15) is 0 Å². The highest BCUT2D eigenvalue weighted by Gasteiger charge is 2.42. The molecule has 3 fully saturated rings. The first-order valence-electron chi connectivity index (χ1n) is 8.98. The fourth-order valence-electron chi connectivity index (χ4n) is 4.21. The maximum atomic E-state index is 13.9. The van der Waals surface area contributed by atoms with Gasteiger partial charge in [0, 0.05) is 23.8 Å². The molecule has 0 spiro atoms. The lowest BCUT2D eigenvalue weighted by atomic mass is 9.91. The number of alkyl halides is 3. The highest BCUT2D eigenvalue weighted by Crippen LogP contribution is 2.32. The van der Waals surface area contributed by atoms with Gasteiger partial charge < -0.3 is 10.2 Å². The Morgan fingerprint density at radius 2 is 1.92 bits per heavy atom. The number of nitrogens with zero attached hydrogens (tertiary/aromatic N) is 1. The summed E-state index contributed by atoms with van der Waals surface area (Å²) in [5.74, 6) is -1.23. The number of nitrogens with one attached hydrogen (secondary N) is 1. The lowest BCUT2D eigenvalue weighted by molar-refractivity contribution is -0.140. The Morgan fingerprint density at radius 1 is 1.12 bits per heavy atom. The van der Waals surface area contributed by atoms with Crippen LogP contribution in [0.5, 0.6) is 0 Å². The maximum Gasteiger partial charge on any atom is 0.235 e. The van der Waals surface area contributed by atoms with Crippen LogP contribution in [0.15, 0.2) is 0 Å². The lowest BCUT2D eigenvalue weighted by Gasteiger charge is -2.33. The molecular formula is C17H25BrF2N2O2. The van der Waals surface area contributed by atoms with Gasteiger partial charge in [-0.1, -0.05) is 22.4 Å². The van der Waals surface area contributed by atoms with Crippen molar-refractivity contribution in [3.8, 4) is 0 Å². The van der Waals surface area contributed by atoms with Crippen LogP contribution in [-0.4, -0.2) is 52.5 Å². The summed E-state index contributed by atoms with van der Waals surface area (Å²) in [4.78, 5) is 27.3. The molecule has 3 aliphatic rings. The first kappa shape index (κ1) is 18.1. The zero-order chi connectivity index (χ0) is 17.3. The van der Waals surface area contributed by atoms with E-state index in [2.05, 4.69) is 21.2 Å². The van der Waals surface area contributed by atoms with Gasteiger partial charge in [0.1, 0.15) is 18.3 Å². The molecule has 0 radical (unpaired) electrons. The van der Waals surface area contributed by atoms with Crippen molar-refractivity contribution in [2.45, 2.75) is 80.6 Å². The van der Waals surface area contributed by atoms with Crippen LogP contribution in [0.3, 0.4) is 0 Å². The van der Waals surface area contributed by atoms with Gasteiger partial charge >= 0.3 is 0 Å². The third-order valence-electron chi connectivity index (χ3n) is 5.62. The van der Waals surface area contributed by atoms with Crippen molar-refractivity contribution in [2.24, 2.45) is 5.92 Å². The molecule has 24 heavy (non-hydrogen) atoms. The Morgan fingerprint density at radius 3 is 2.62 bits per heavy atom. The van der Waals surface area contributed by atoms with E-state index in [0.717, 1.165) is 25.7 Å². The molecule has 5 unspecified atom stereocenters. The van der Waals surface area contributed by atoms with Crippen LogP contribution in [0, 0.1) is 5.92 Å². The van der Waals surface area contributed by atoms with E-state index in [1.807, 2.05) is 4.90 Å². The van der Waals surface area contributed by atoms with Crippen LogP contribution < -0.4 is 5.32 Å². The second kappa shape index (κ2) is 7.67. The van der Waals surface area contributed by atoms with Crippen molar-refractivity contribution >= 4 is 27.7 Å². The highest BCUT2D eigenvalue weighted by molar-refractivity contribution is 9.09. The quantitative estimate of drug-likeness (QED) is 0.578. The predicted molar refractivity (Wildman–Crippen MR) is 90.4 cm³/mol. The number of rotatable bonds is 3. The average Bonchev–Trinajstić information content (AvgIpc) is 2.92. The van der Waals surface area contributed by atoms with Crippen molar-refractivity contribution < 1.29 is 18.4 Å². The van der Waals surface area contributed by atoms with Crippen LogP contribution in [0.25, 0.3) is 0 Å². The monoisotopic (exact) mass is 406 g/mol. The summed E-state index contributed by atoms with van der Waals surface area (Å²) in [7, 11) is 0. The largest absolute Gasteiger partial charge is 0.350 e. The first-order valence-corrected chi connectivity index (χ1v) is 9.90. The van der Waals surface area contributed by atoms with Crippen molar-refractivity contribution in [1.29, 1.82) is 0 Å². The molecule has 1 N–H and O–H groups in total. The summed E-state index contributed by atoms with van der Waals surface area (Å²) in [5, 5.41) is 2.66. The molecule has 2 amide bonds. The minimum absolute atomic E-state index is 0.131. The summed E-state index contributed by atoms with van der Waals surface area (Å²) in [6.45, 7) is 0.595. The number of amides is 2. The summed E-state index contributed by atoms with van der Waals surface area (Å²) < 4.78 is 27.1. The van der Waals surface area contributed by atoms with Crippen molar-refractivity contribution in [3.05, 3.63) is 0 Å². The molecule has 6 atom stereocenters. The molecule has 1 saturated heterocycles. The fraction of sp³-hybridized carbons (Fsp3) is 0.882. The summed E-state index contributed by atoms with van der Waals surface area (Å²) in [6.07, 6.45) is 2.51. The molecule has 3 rings (SSSR count). The Balaban J connectivity index is 1.55. The summed E-state index contributed by atoms with van der Waals surface area (Å²) in [6, 6.07) is -0.461. The van der Waals surface area contributed by atoms with Gasteiger partial charge in [-0.05, 0) is 38.5 Å². The molecule has 2 saturated carbocycles. The minimum Gasteiger partial charge on any atom is -0.350 e. The molecule has 1 heterocycles. The van der Waals surface area contributed by atoms with Gasteiger partial charge in [0.15, 0.2) is 0 Å². The Bertz CT molecular complexity index is 493. The lowest BCUT2D eigenvalue weighted by Crippen LogP contribution is -2.49. The molecular weight excluding hydrogens is 382 g/mol. The van der Waals surface area contributed by atoms with Crippen LogP contribution >= 0.6 is 15.9 Å². The van der Waals surface area contributed by atoms with Gasteiger partial charge in [0.05, 0.1) is 6.04 Å². The van der Waals surface area contributed by atoms with Crippen LogP contribution in [0.2, 0.25) is 0 Å². The van der Waals surface area contributed by atoms with Crippen molar-refractivity contribution in [3.63, 3.8) is 0 Å². The number of likely N-dealkylation sites (tertiary alicyclic amines) is 1. The van der Waals surface area contributed by atoms with Gasteiger partial charge in [0.2, 0.25) is 11.8 Å². The fourth-order valence-corrected chi connectivity index (χ4v) is 4.97. The van der Waals surface area contributed by atoms with Gasteiger partial charge in [-0.3, -0.25) is 9.59 Å². The average molecular weight is 407 g/mol. The Labute approximate surface area is 149 Å². The second-order valence-corrected chi connectivity index (χ2v) is 8.63. The second-order valence-electron chi connectivity index (χ2n) is 7.33. The third-order valence-corrected chi connectivity index (χ3v) is 6.45. The molecule has 0 aromatic rings. The van der Waals surface area contributed by atoms with Crippen LogP contribution in [0.4, 0.5) is 8.78 Å². The highest BCUT2D eigenvalue weighted by atomic mass is 79.9. The normalized spacial score (nSPS) is 40.6. The molecule has 0 aromatic carbocycles. The minimum atomic E-state index is -1.36. The van der Waals surface area contributed by atoms with E-state index in [0.29, 0.717) is 24.2 Å². The molecule has 4 nitrogen and oxygen atoms in total. The van der Waals surface area contributed by atoms with Crippen LogP contribution in [-0.2, 0) is 9.59 Å². The Hall–Kier alpha value is -0.720. The molecule has 2 aliphatic carbocycles. The maximum absolute atomic E-state index is 13.9. The summed E-state index contributed by atoms with van der Waals surface area (Å²) >= 11 is 3.63. The number of carbonyl (C=O) groups is 2.